The molecule has 0 nitrogen and oxygen atoms in total. The maximum absolute atomic E-state index is 4.78. The fourth-order valence-corrected chi connectivity index (χ4v) is 662. The molecule has 0 bridgehead atoms. The molecule has 0 aromatic rings. The molecule has 0 amide bonds. The standard InChI is InChI=1S/C14H42Br2Si8/c1-17(2,3)23(18(4,5)6)21(13,14)24(19(7,8)9,20(10,11)12)22(23,15)16/h1-14H3. The molecule has 0 radical (unpaired) electrons. The van der Waals surface area contributed by atoms with Crippen molar-refractivity contribution in [1.82, 2.24) is 0 Å². The van der Waals surface area contributed by atoms with Crippen molar-refractivity contribution in [3.8, 4) is 0 Å². The average molecular weight is 595 g/mol. The van der Waals surface area contributed by atoms with Gasteiger partial charge in [0.25, 0.3) is 0 Å². The second-order valence-corrected chi connectivity index (χ2v) is 126. The lowest BCUT2D eigenvalue weighted by molar-refractivity contribution is 1.75. The monoisotopic (exact) mass is 592 g/mol. The molecule has 0 N–H and O–H groups in total. The number of hydrogen-bond acceptors (Lipinski definition) is 0. The van der Waals surface area contributed by atoms with Crippen LogP contribution in [0, 0.1) is 0 Å². The topological polar surface area (TPSA) is 0 Å². The Morgan fingerprint density at radius 1 is 0.458 bits per heavy atom. The average Bonchev–Trinajstić information content (AvgIpc) is 2.01. The van der Waals surface area contributed by atoms with E-state index in [0.29, 0.717) is 0 Å². The maximum Gasteiger partial charge on any atom is 0.167 e. The van der Waals surface area contributed by atoms with Crippen molar-refractivity contribution in [2.45, 2.75) is 91.7 Å². The molecule has 1 heterocycles. The fourth-order valence-electron chi connectivity index (χ4n) is 9.17. The first kappa shape index (κ1) is 24.7. The lowest BCUT2D eigenvalue weighted by Gasteiger charge is -2.85. The van der Waals surface area contributed by atoms with Crippen LogP contribution in [0.1, 0.15) is 0 Å². The van der Waals surface area contributed by atoms with E-state index in [1.165, 1.54) is 0 Å². The number of hydrogen-bond donors (Lipinski definition) is 0. The Bertz CT molecular complexity index is 425. The highest BCUT2D eigenvalue weighted by atomic mass is 79.9. The third kappa shape index (κ3) is 2.49. The van der Waals surface area contributed by atoms with Crippen LogP contribution in [-0.2, 0) is 0 Å². The maximum atomic E-state index is 4.78. The summed E-state index contributed by atoms with van der Waals surface area (Å²) < 4.78 is -1.48. The number of halogens is 2. The molecule has 1 fully saturated rings. The van der Waals surface area contributed by atoms with Crippen molar-refractivity contribution in [2.75, 3.05) is 0 Å². The minimum atomic E-state index is -1.48. The lowest BCUT2D eigenvalue weighted by Crippen LogP contribution is -3.19. The largest absolute Gasteiger partial charge is 0.167 e. The van der Waals surface area contributed by atoms with Gasteiger partial charge in [0, 0.05) is 37.5 Å². The molecule has 0 unspecified atom stereocenters. The van der Waals surface area contributed by atoms with E-state index in [1.54, 1.807) is 0 Å². The van der Waals surface area contributed by atoms with E-state index < -0.39 is 54.1 Å². The molecule has 0 saturated carbocycles. The van der Waals surface area contributed by atoms with Crippen LogP contribution in [0.2, 0.25) is 91.7 Å². The van der Waals surface area contributed by atoms with Crippen LogP contribution in [0.4, 0.5) is 0 Å². The number of rotatable bonds is 4. The summed E-state index contributed by atoms with van der Waals surface area (Å²) in [6, 6.07) is 0. The van der Waals surface area contributed by atoms with Gasteiger partial charge in [-0.1, -0.05) is 91.7 Å². The van der Waals surface area contributed by atoms with Crippen LogP contribution in [0.15, 0.2) is 0 Å². The first-order chi connectivity index (χ1) is 10.0. The lowest BCUT2D eigenvalue weighted by atomic mass is 11.8. The van der Waals surface area contributed by atoms with Crippen LogP contribution in [-0.4, -0.2) is 54.1 Å². The molecule has 1 aliphatic rings. The third-order valence-electron chi connectivity index (χ3n) is 7.32. The Morgan fingerprint density at radius 3 is 0.708 bits per heavy atom. The molecule has 0 spiro atoms. The zero-order valence-electron chi connectivity index (χ0n) is 18.8. The highest BCUT2D eigenvalue weighted by Crippen LogP contribution is 2.67. The SMILES string of the molecule is C[Si](C)(C)[Si]1([Si](C)(C)C)[Si](C)(C)[Si]([Si](C)(C)C)([Si](C)(C)C)[Si]1(Br)Br. The van der Waals surface area contributed by atoms with Gasteiger partial charge in [-0.3, -0.25) is 0 Å². The quantitative estimate of drug-likeness (QED) is 0.248. The van der Waals surface area contributed by atoms with Gasteiger partial charge >= 0.3 is 0 Å². The summed E-state index contributed by atoms with van der Waals surface area (Å²) in [5, 5.41) is 0. The Balaban J connectivity index is 4.09. The summed E-state index contributed by atoms with van der Waals surface area (Å²) in [5.74, 6) is 0. The minimum Gasteiger partial charge on any atom is -0.120 e. The summed E-state index contributed by atoms with van der Waals surface area (Å²) in [6.07, 6.45) is -2.47. The molecule has 0 aromatic carbocycles. The van der Waals surface area contributed by atoms with E-state index in [0.717, 1.165) is 0 Å². The normalized spacial score (nSPS) is 26.0. The zero-order valence-corrected chi connectivity index (χ0v) is 29.9. The van der Waals surface area contributed by atoms with Gasteiger partial charge in [-0.2, -0.15) is 0 Å². The van der Waals surface area contributed by atoms with Crippen molar-refractivity contribution in [2.24, 2.45) is 0 Å². The first-order valence-corrected chi connectivity index (χ1v) is 44.9. The predicted molar refractivity (Wildman–Crippen MR) is 146 cm³/mol. The van der Waals surface area contributed by atoms with Crippen molar-refractivity contribution < 1.29 is 0 Å². The molecule has 0 atom stereocenters. The highest BCUT2D eigenvalue weighted by molar-refractivity contribution is 9.58. The zero-order chi connectivity index (χ0) is 20.0. The summed E-state index contributed by atoms with van der Waals surface area (Å²) in [7, 11) is -5.86. The molecule has 0 aromatic heterocycles. The van der Waals surface area contributed by atoms with Crippen LogP contribution in [0.5, 0.6) is 0 Å². The second kappa shape index (κ2) is 6.10. The van der Waals surface area contributed by atoms with E-state index in [9.17, 15) is 0 Å². The van der Waals surface area contributed by atoms with E-state index in [-0.39, 0.29) is 0 Å². The van der Waals surface area contributed by atoms with Gasteiger partial charge < -0.3 is 0 Å². The molecule has 1 saturated heterocycles. The predicted octanol–water partition coefficient (Wildman–Crippen LogP) is 6.82. The molecule has 0 aliphatic carbocycles. The van der Waals surface area contributed by atoms with Gasteiger partial charge in [-0.05, 0) is 0 Å². The van der Waals surface area contributed by atoms with E-state index in [2.05, 4.69) is 91.7 Å². The fraction of sp³-hybridized carbons (Fsp3) is 1.00. The van der Waals surface area contributed by atoms with Crippen LogP contribution in [0.25, 0.3) is 0 Å². The summed E-state index contributed by atoms with van der Waals surface area (Å²) in [4.78, 5) is 0. The first-order valence-electron chi connectivity index (χ1n) is 9.38. The van der Waals surface area contributed by atoms with Gasteiger partial charge in [-0.25, -0.2) is 0 Å². The Morgan fingerprint density at radius 2 is 0.625 bits per heavy atom. The summed E-state index contributed by atoms with van der Waals surface area (Å²) >= 11 is 9.57. The van der Waals surface area contributed by atoms with Gasteiger partial charge in [-0.15, -0.1) is 30.6 Å². The van der Waals surface area contributed by atoms with Crippen LogP contribution < -0.4 is 0 Å². The smallest absolute Gasteiger partial charge is 0.120 e. The Hall–Kier alpha value is 2.70. The Kier molecular flexibility index (Phi) is 6.28. The van der Waals surface area contributed by atoms with Crippen LogP contribution in [0.3, 0.4) is 0 Å². The van der Waals surface area contributed by atoms with Crippen molar-refractivity contribution in [1.29, 1.82) is 0 Å². The van der Waals surface area contributed by atoms with Crippen molar-refractivity contribution in [3.05, 3.63) is 0 Å². The highest BCUT2D eigenvalue weighted by Gasteiger charge is 2.95. The summed E-state index contributed by atoms with van der Waals surface area (Å²) in [5.41, 5.74) is 0. The molecular weight excluding hydrogens is 553 g/mol. The third-order valence-corrected chi connectivity index (χ3v) is 302. The molecule has 10 heteroatoms. The van der Waals surface area contributed by atoms with E-state index in [1.807, 2.05) is 0 Å². The molecule has 24 heavy (non-hydrogen) atoms. The molecule has 1 aliphatic heterocycles. The van der Waals surface area contributed by atoms with Crippen molar-refractivity contribution >= 4 is 84.7 Å². The molecular formula is C14H42Br2Si8. The van der Waals surface area contributed by atoms with Gasteiger partial charge in [0.05, 0.1) is 12.3 Å². The van der Waals surface area contributed by atoms with Gasteiger partial charge in [0.1, 0.15) is 0 Å². The van der Waals surface area contributed by atoms with Gasteiger partial charge in [0.2, 0.25) is 0 Å². The van der Waals surface area contributed by atoms with Crippen LogP contribution >= 0.6 is 30.6 Å². The molecule has 144 valence electrons. The van der Waals surface area contributed by atoms with E-state index >= 15 is 0 Å². The minimum absolute atomic E-state index is 1.17. The summed E-state index contributed by atoms with van der Waals surface area (Å²) in [6.45, 7) is 39.3. The van der Waals surface area contributed by atoms with E-state index in [4.69, 9.17) is 30.6 Å². The molecule has 1 rings (SSSR count). The van der Waals surface area contributed by atoms with Gasteiger partial charge in [0.15, 0.2) is 4.35 Å². The van der Waals surface area contributed by atoms with Crippen molar-refractivity contribution in [3.63, 3.8) is 0 Å². The Labute approximate surface area is 174 Å². The second-order valence-electron chi connectivity index (χ2n) is 12.7.